The molecular weight excluding hydrogens is 369 g/mol. The Balaban J connectivity index is 1.99. The molecule has 5 nitrogen and oxygen atoms in total. The molecule has 3 rings (SSSR count). The maximum Gasteiger partial charge on any atom is 0.416 e. The molecule has 26 heavy (non-hydrogen) atoms. The van der Waals surface area contributed by atoms with E-state index in [0.717, 1.165) is 23.5 Å². The Kier molecular flexibility index (Phi) is 4.82. The molecule has 3 aromatic rings. The van der Waals surface area contributed by atoms with Gasteiger partial charge >= 0.3 is 12.1 Å². The first kappa shape index (κ1) is 18.1. The van der Waals surface area contributed by atoms with E-state index in [9.17, 15) is 18.0 Å². The van der Waals surface area contributed by atoms with Crippen molar-refractivity contribution in [3.05, 3.63) is 46.5 Å². The number of halogens is 3. The Labute approximate surface area is 150 Å². The molecule has 0 unspecified atom stereocenters. The van der Waals surface area contributed by atoms with Crippen LogP contribution in [0.5, 0.6) is 0 Å². The van der Waals surface area contributed by atoms with Crippen molar-refractivity contribution < 1.29 is 27.2 Å². The number of alkyl halides is 3. The minimum absolute atomic E-state index is 0.135. The Morgan fingerprint density at radius 3 is 2.81 bits per heavy atom. The SMILES string of the molecule is CCOC(=O)c1c(C)noc1-c1csc(-c2cccc(C(F)(F)F)c2)n1. The molecule has 0 radical (unpaired) electrons. The first-order valence-corrected chi connectivity index (χ1v) is 8.46. The molecule has 1 aromatic carbocycles. The lowest BCUT2D eigenvalue weighted by Gasteiger charge is -2.07. The average Bonchev–Trinajstić information content (AvgIpc) is 3.21. The van der Waals surface area contributed by atoms with Gasteiger partial charge in [-0.15, -0.1) is 11.3 Å². The monoisotopic (exact) mass is 382 g/mol. The largest absolute Gasteiger partial charge is 0.462 e. The van der Waals surface area contributed by atoms with E-state index in [1.807, 2.05) is 0 Å². The number of hydrogen-bond donors (Lipinski definition) is 0. The lowest BCUT2D eigenvalue weighted by molar-refractivity contribution is -0.137. The fourth-order valence-electron chi connectivity index (χ4n) is 2.33. The van der Waals surface area contributed by atoms with E-state index < -0.39 is 17.7 Å². The van der Waals surface area contributed by atoms with Crippen LogP contribution in [0.4, 0.5) is 13.2 Å². The summed E-state index contributed by atoms with van der Waals surface area (Å²) >= 11 is 1.14. The van der Waals surface area contributed by atoms with Crippen molar-refractivity contribution in [1.82, 2.24) is 10.1 Å². The predicted octanol–water partition coefficient (Wildman–Crippen LogP) is 4.97. The molecule has 2 aromatic heterocycles. The minimum Gasteiger partial charge on any atom is -0.462 e. The molecule has 0 fully saturated rings. The highest BCUT2D eigenvalue weighted by Gasteiger charge is 2.31. The molecule has 0 amide bonds. The van der Waals surface area contributed by atoms with Crippen LogP contribution in [0.1, 0.15) is 28.5 Å². The van der Waals surface area contributed by atoms with E-state index in [1.54, 1.807) is 19.2 Å². The molecule has 2 heterocycles. The topological polar surface area (TPSA) is 65.2 Å². The Morgan fingerprint density at radius 2 is 2.12 bits per heavy atom. The maximum atomic E-state index is 12.9. The maximum absolute atomic E-state index is 12.9. The Bertz CT molecular complexity index is 947. The van der Waals surface area contributed by atoms with Gasteiger partial charge in [-0.1, -0.05) is 17.3 Å². The van der Waals surface area contributed by atoms with Gasteiger partial charge in [-0.3, -0.25) is 0 Å². The van der Waals surface area contributed by atoms with Gasteiger partial charge in [-0.05, 0) is 26.0 Å². The van der Waals surface area contributed by atoms with Crippen LogP contribution in [0.15, 0.2) is 34.2 Å². The van der Waals surface area contributed by atoms with Crippen molar-refractivity contribution in [3.63, 3.8) is 0 Å². The first-order chi connectivity index (χ1) is 12.3. The van der Waals surface area contributed by atoms with Crippen LogP contribution in [-0.4, -0.2) is 22.7 Å². The molecule has 0 aliphatic rings. The van der Waals surface area contributed by atoms with Crippen molar-refractivity contribution in [1.29, 1.82) is 0 Å². The normalized spacial score (nSPS) is 11.6. The van der Waals surface area contributed by atoms with Crippen molar-refractivity contribution in [2.24, 2.45) is 0 Å². The lowest BCUT2D eigenvalue weighted by atomic mass is 10.1. The van der Waals surface area contributed by atoms with Crippen LogP contribution in [-0.2, 0) is 10.9 Å². The van der Waals surface area contributed by atoms with Crippen LogP contribution in [0.3, 0.4) is 0 Å². The molecule has 0 saturated heterocycles. The zero-order valence-electron chi connectivity index (χ0n) is 13.8. The number of rotatable bonds is 4. The quantitative estimate of drug-likeness (QED) is 0.596. The number of nitrogens with zero attached hydrogens (tertiary/aromatic N) is 2. The van der Waals surface area contributed by atoms with E-state index >= 15 is 0 Å². The molecule has 0 saturated carbocycles. The third-order valence-corrected chi connectivity index (χ3v) is 4.41. The Morgan fingerprint density at radius 1 is 1.35 bits per heavy atom. The minimum atomic E-state index is -4.44. The van der Waals surface area contributed by atoms with Gasteiger partial charge in [0.1, 0.15) is 16.3 Å². The summed E-state index contributed by atoms with van der Waals surface area (Å²) in [5, 5.41) is 5.73. The van der Waals surface area contributed by atoms with Gasteiger partial charge in [-0.2, -0.15) is 13.2 Å². The Hall–Kier alpha value is -2.68. The van der Waals surface area contributed by atoms with Crippen molar-refractivity contribution in [2.75, 3.05) is 6.61 Å². The summed E-state index contributed by atoms with van der Waals surface area (Å²) in [5.41, 5.74) is 0.394. The number of carbonyl (C=O) groups is 1. The van der Waals surface area contributed by atoms with E-state index in [-0.39, 0.29) is 17.9 Å². The molecular formula is C17H13F3N2O3S. The highest BCUT2D eigenvalue weighted by Crippen LogP contribution is 2.35. The standard InChI is InChI=1S/C17H13F3N2O3S/c1-3-24-16(23)13-9(2)22-25-14(13)12-8-26-15(21-12)10-5-4-6-11(7-10)17(18,19)20/h4-8H,3H2,1-2H3. The molecule has 0 bridgehead atoms. The van der Waals surface area contributed by atoms with Crippen molar-refractivity contribution in [3.8, 4) is 22.0 Å². The number of ether oxygens (including phenoxy) is 1. The van der Waals surface area contributed by atoms with Crippen LogP contribution in [0, 0.1) is 6.92 Å². The molecule has 9 heteroatoms. The third kappa shape index (κ3) is 3.48. The fourth-order valence-corrected chi connectivity index (χ4v) is 3.12. The summed E-state index contributed by atoms with van der Waals surface area (Å²) in [6.45, 7) is 3.46. The van der Waals surface area contributed by atoms with E-state index in [0.29, 0.717) is 22.0 Å². The molecule has 0 aliphatic carbocycles. The lowest BCUT2D eigenvalue weighted by Crippen LogP contribution is -2.06. The molecule has 136 valence electrons. The molecule has 0 N–H and O–H groups in total. The zero-order valence-corrected chi connectivity index (χ0v) is 14.6. The van der Waals surface area contributed by atoms with Gasteiger partial charge in [0, 0.05) is 10.9 Å². The smallest absolute Gasteiger partial charge is 0.416 e. The van der Waals surface area contributed by atoms with Crippen molar-refractivity contribution in [2.45, 2.75) is 20.0 Å². The summed E-state index contributed by atoms with van der Waals surface area (Å²) in [7, 11) is 0. The summed E-state index contributed by atoms with van der Waals surface area (Å²) in [4.78, 5) is 16.4. The van der Waals surface area contributed by atoms with Gasteiger partial charge in [0.2, 0.25) is 5.76 Å². The average molecular weight is 382 g/mol. The fraction of sp³-hybridized carbons (Fsp3) is 0.235. The molecule has 0 spiro atoms. The van der Waals surface area contributed by atoms with Crippen molar-refractivity contribution >= 4 is 17.3 Å². The van der Waals surface area contributed by atoms with Gasteiger partial charge in [0.15, 0.2) is 0 Å². The summed E-state index contributed by atoms with van der Waals surface area (Å²) < 4.78 is 48.8. The zero-order chi connectivity index (χ0) is 18.9. The highest BCUT2D eigenvalue weighted by atomic mass is 32.1. The number of aryl methyl sites for hydroxylation is 1. The molecule has 0 aliphatic heterocycles. The number of aromatic nitrogens is 2. The van der Waals surface area contributed by atoms with E-state index in [2.05, 4.69) is 10.1 Å². The number of thiazole rings is 1. The summed E-state index contributed by atoms with van der Waals surface area (Å²) in [6, 6.07) is 4.88. The molecule has 0 atom stereocenters. The predicted molar refractivity (Wildman–Crippen MR) is 88.7 cm³/mol. The van der Waals surface area contributed by atoms with Crippen LogP contribution < -0.4 is 0 Å². The van der Waals surface area contributed by atoms with E-state index in [4.69, 9.17) is 9.26 Å². The van der Waals surface area contributed by atoms with Gasteiger partial charge < -0.3 is 9.26 Å². The van der Waals surface area contributed by atoms with Crippen LogP contribution >= 0.6 is 11.3 Å². The summed E-state index contributed by atoms with van der Waals surface area (Å²) in [6.07, 6.45) is -4.44. The summed E-state index contributed by atoms with van der Waals surface area (Å²) in [5.74, 6) is -0.453. The highest BCUT2D eigenvalue weighted by molar-refractivity contribution is 7.13. The van der Waals surface area contributed by atoms with Crippen LogP contribution in [0.25, 0.3) is 22.0 Å². The van der Waals surface area contributed by atoms with Gasteiger partial charge in [0.25, 0.3) is 0 Å². The van der Waals surface area contributed by atoms with Gasteiger partial charge in [0.05, 0.1) is 17.9 Å². The number of hydrogen-bond acceptors (Lipinski definition) is 6. The second kappa shape index (κ2) is 6.91. The number of carbonyl (C=O) groups excluding carboxylic acids is 1. The third-order valence-electron chi connectivity index (χ3n) is 3.52. The first-order valence-electron chi connectivity index (χ1n) is 7.58. The van der Waals surface area contributed by atoms with Crippen LogP contribution in [0.2, 0.25) is 0 Å². The number of esters is 1. The second-order valence-electron chi connectivity index (χ2n) is 5.31. The second-order valence-corrected chi connectivity index (χ2v) is 6.17. The van der Waals surface area contributed by atoms with E-state index in [1.165, 1.54) is 12.1 Å². The number of benzene rings is 1. The van der Waals surface area contributed by atoms with Gasteiger partial charge in [-0.25, -0.2) is 9.78 Å².